The van der Waals surface area contributed by atoms with Crippen molar-refractivity contribution in [1.29, 1.82) is 0 Å². The summed E-state index contributed by atoms with van der Waals surface area (Å²) in [6.45, 7) is 2.62. The lowest BCUT2D eigenvalue weighted by molar-refractivity contribution is 0.282. The second-order valence-electron chi connectivity index (χ2n) is 5.35. The minimum Gasteiger partial charge on any atom is -0.302 e. The van der Waals surface area contributed by atoms with E-state index in [1.54, 1.807) is 0 Å². The summed E-state index contributed by atoms with van der Waals surface area (Å²) in [6.07, 6.45) is 0.782. The van der Waals surface area contributed by atoms with Crippen LogP contribution in [0.3, 0.4) is 0 Å². The minimum atomic E-state index is -2.79. The zero-order chi connectivity index (χ0) is 13.3. The Labute approximate surface area is 119 Å². The molecular weight excluding hydrogens is 278 g/mol. The number of fused-ring (bicyclic) bond motifs is 1. The number of benzene rings is 1. The van der Waals surface area contributed by atoms with E-state index in [9.17, 15) is 8.42 Å². The molecule has 0 aromatic heterocycles. The van der Waals surface area contributed by atoms with E-state index in [-0.39, 0.29) is 0 Å². The van der Waals surface area contributed by atoms with E-state index in [0.717, 1.165) is 25.3 Å². The van der Waals surface area contributed by atoms with Gasteiger partial charge in [-0.05, 0) is 24.6 Å². The summed E-state index contributed by atoms with van der Waals surface area (Å²) in [6, 6.07) is 8.60. The molecule has 1 aromatic rings. The van der Waals surface area contributed by atoms with Crippen molar-refractivity contribution in [2.75, 3.05) is 36.9 Å². The predicted molar refractivity (Wildman–Crippen MR) is 79.6 cm³/mol. The molecule has 0 radical (unpaired) electrons. The van der Waals surface area contributed by atoms with Crippen molar-refractivity contribution in [2.24, 2.45) is 0 Å². The highest BCUT2D eigenvalue weighted by Crippen LogP contribution is 2.39. The van der Waals surface area contributed by atoms with Gasteiger partial charge in [0.2, 0.25) is 0 Å². The van der Waals surface area contributed by atoms with Crippen LogP contribution in [-0.4, -0.2) is 50.2 Å². The van der Waals surface area contributed by atoms with Gasteiger partial charge >= 0.3 is 0 Å². The maximum absolute atomic E-state index is 11.6. The first-order chi connectivity index (χ1) is 9.14. The van der Waals surface area contributed by atoms with E-state index >= 15 is 0 Å². The third-order valence-electron chi connectivity index (χ3n) is 3.93. The van der Waals surface area contributed by atoms with Crippen molar-refractivity contribution in [2.45, 2.75) is 17.2 Å². The fourth-order valence-electron chi connectivity index (χ4n) is 2.86. The maximum atomic E-state index is 11.6. The third kappa shape index (κ3) is 3.15. The molecule has 2 aliphatic rings. The fraction of sp³-hybridized carbons (Fsp3) is 0.571. The fourth-order valence-corrected chi connectivity index (χ4v) is 5.42. The van der Waals surface area contributed by atoms with E-state index in [2.05, 4.69) is 29.2 Å². The number of hydrogen-bond donors (Lipinski definition) is 0. The summed E-state index contributed by atoms with van der Waals surface area (Å²) in [4.78, 5) is 3.73. The van der Waals surface area contributed by atoms with E-state index in [1.807, 2.05) is 11.8 Å². The Morgan fingerprint density at radius 3 is 2.95 bits per heavy atom. The van der Waals surface area contributed by atoms with Crippen LogP contribution < -0.4 is 0 Å². The quantitative estimate of drug-likeness (QED) is 0.837. The summed E-state index contributed by atoms with van der Waals surface area (Å²) < 4.78 is 23.2. The molecule has 19 heavy (non-hydrogen) atoms. The minimum absolute atomic E-state index is 0.328. The highest BCUT2D eigenvalue weighted by Gasteiger charge is 2.26. The smallest absolute Gasteiger partial charge is 0.151 e. The topological polar surface area (TPSA) is 37.4 Å². The van der Waals surface area contributed by atoms with Crippen LogP contribution in [0, 0.1) is 0 Å². The summed E-state index contributed by atoms with van der Waals surface area (Å²) in [7, 11) is -2.79. The number of thioether (sulfide) groups is 1. The molecule has 0 spiro atoms. The standard InChI is InChI=1S/C14H19NO2S2/c16-19(17)8-3-6-15(7-9-19)10-12-11-18-14-5-2-1-4-13(12)14/h1-2,4-5,12H,3,6-11H2. The summed E-state index contributed by atoms with van der Waals surface area (Å²) >= 11 is 1.92. The number of sulfone groups is 1. The highest BCUT2D eigenvalue weighted by atomic mass is 32.2. The average Bonchev–Trinajstić information content (AvgIpc) is 2.70. The number of hydrogen-bond acceptors (Lipinski definition) is 4. The Balaban J connectivity index is 1.67. The summed E-state index contributed by atoms with van der Waals surface area (Å²) in [5.74, 6) is 2.37. The van der Waals surface area contributed by atoms with E-state index in [4.69, 9.17) is 0 Å². The lowest BCUT2D eigenvalue weighted by Crippen LogP contribution is -2.31. The second kappa shape index (κ2) is 5.46. The molecule has 0 bridgehead atoms. The summed E-state index contributed by atoms with van der Waals surface area (Å²) in [5, 5.41) is 0. The molecule has 3 rings (SSSR count). The molecule has 0 aliphatic carbocycles. The maximum Gasteiger partial charge on any atom is 0.151 e. The van der Waals surface area contributed by atoms with Crippen LogP contribution in [0.15, 0.2) is 29.2 Å². The van der Waals surface area contributed by atoms with Crippen molar-refractivity contribution in [3.05, 3.63) is 29.8 Å². The highest BCUT2D eigenvalue weighted by molar-refractivity contribution is 7.99. The van der Waals surface area contributed by atoms with Crippen LogP contribution in [-0.2, 0) is 9.84 Å². The van der Waals surface area contributed by atoms with Crippen molar-refractivity contribution in [3.63, 3.8) is 0 Å². The zero-order valence-corrected chi connectivity index (χ0v) is 12.5. The van der Waals surface area contributed by atoms with Gasteiger partial charge in [0, 0.05) is 29.7 Å². The van der Waals surface area contributed by atoms with Crippen molar-refractivity contribution >= 4 is 21.6 Å². The first kappa shape index (κ1) is 13.5. The second-order valence-corrected chi connectivity index (χ2v) is 8.72. The molecule has 1 aromatic carbocycles. The van der Waals surface area contributed by atoms with E-state index in [1.165, 1.54) is 10.5 Å². The molecular formula is C14H19NO2S2. The number of rotatable bonds is 2. The Hall–Kier alpha value is -0.520. The molecule has 0 saturated carbocycles. The Kier molecular flexibility index (Phi) is 3.87. The van der Waals surface area contributed by atoms with Crippen molar-refractivity contribution < 1.29 is 8.42 Å². The number of nitrogens with zero attached hydrogens (tertiary/aromatic N) is 1. The molecule has 5 heteroatoms. The van der Waals surface area contributed by atoms with Crippen molar-refractivity contribution in [3.8, 4) is 0 Å². The Morgan fingerprint density at radius 2 is 2.05 bits per heavy atom. The van der Waals surface area contributed by atoms with E-state index < -0.39 is 9.84 Å². The van der Waals surface area contributed by atoms with E-state index in [0.29, 0.717) is 24.0 Å². The Morgan fingerprint density at radius 1 is 1.21 bits per heavy atom. The van der Waals surface area contributed by atoms with Crippen LogP contribution in [0.25, 0.3) is 0 Å². The molecule has 1 atom stereocenters. The van der Waals surface area contributed by atoms with Gasteiger partial charge in [0.1, 0.15) is 0 Å². The van der Waals surface area contributed by atoms with Gasteiger partial charge < -0.3 is 4.90 Å². The van der Waals surface area contributed by atoms with Crippen molar-refractivity contribution in [1.82, 2.24) is 4.90 Å². The predicted octanol–water partition coefficient (Wildman–Crippen LogP) is 2.00. The average molecular weight is 297 g/mol. The van der Waals surface area contributed by atoms with Gasteiger partial charge in [-0.1, -0.05) is 18.2 Å². The van der Waals surface area contributed by atoms with Crippen LogP contribution >= 0.6 is 11.8 Å². The first-order valence-corrected chi connectivity index (χ1v) is 9.59. The van der Waals surface area contributed by atoms with Gasteiger partial charge in [-0.15, -0.1) is 11.8 Å². The first-order valence-electron chi connectivity index (χ1n) is 6.78. The lowest BCUT2D eigenvalue weighted by Gasteiger charge is -2.23. The molecule has 2 heterocycles. The van der Waals surface area contributed by atoms with Gasteiger partial charge in [-0.25, -0.2) is 8.42 Å². The monoisotopic (exact) mass is 297 g/mol. The molecule has 0 amide bonds. The summed E-state index contributed by atoms with van der Waals surface area (Å²) in [5.41, 5.74) is 1.44. The molecule has 1 fully saturated rings. The van der Waals surface area contributed by atoms with Crippen LogP contribution in [0.1, 0.15) is 17.9 Å². The zero-order valence-electron chi connectivity index (χ0n) is 10.9. The van der Waals surface area contributed by atoms with Crippen LogP contribution in [0.5, 0.6) is 0 Å². The molecule has 1 unspecified atom stereocenters. The van der Waals surface area contributed by atoms with Gasteiger partial charge in [0.05, 0.1) is 11.5 Å². The molecule has 3 nitrogen and oxygen atoms in total. The molecule has 2 aliphatic heterocycles. The van der Waals surface area contributed by atoms with Gasteiger partial charge in [-0.3, -0.25) is 0 Å². The van der Waals surface area contributed by atoms with Gasteiger partial charge in [-0.2, -0.15) is 0 Å². The van der Waals surface area contributed by atoms with Crippen LogP contribution in [0.4, 0.5) is 0 Å². The lowest BCUT2D eigenvalue weighted by atomic mass is 10.0. The molecule has 1 saturated heterocycles. The normalized spacial score (nSPS) is 26.8. The Bertz CT molecular complexity index is 556. The molecule has 0 N–H and O–H groups in total. The van der Waals surface area contributed by atoms with Gasteiger partial charge in [0.25, 0.3) is 0 Å². The largest absolute Gasteiger partial charge is 0.302 e. The molecule has 104 valence electrons. The van der Waals surface area contributed by atoms with Gasteiger partial charge in [0.15, 0.2) is 9.84 Å². The van der Waals surface area contributed by atoms with Crippen LogP contribution in [0.2, 0.25) is 0 Å². The SMILES string of the molecule is O=S1(=O)CCCN(CC2CSc3ccccc32)CC1. The third-order valence-corrected chi connectivity index (χ3v) is 6.89.